The lowest BCUT2D eigenvalue weighted by molar-refractivity contribution is -0.146. The molecule has 0 spiro atoms. The van der Waals surface area contributed by atoms with Gasteiger partial charge >= 0.3 is 11.9 Å². The van der Waals surface area contributed by atoms with Crippen molar-refractivity contribution in [2.75, 3.05) is 33.5 Å². The highest BCUT2D eigenvalue weighted by Crippen LogP contribution is 2.09. The van der Waals surface area contributed by atoms with Crippen molar-refractivity contribution < 1.29 is 28.9 Å². The highest BCUT2D eigenvalue weighted by molar-refractivity contribution is 5.69. The van der Waals surface area contributed by atoms with E-state index in [2.05, 4.69) is 6.92 Å². The van der Waals surface area contributed by atoms with Gasteiger partial charge in [-0.05, 0) is 19.3 Å². The predicted molar refractivity (Wildman–Crippen MR) is 101 cm³/mol. The molecular formula is C20H38O6. The summed E-state index contributed by atoms with van der Waals surface area (Å²) in [5.41, 5.74) is 0. The molecule has 0 radical (unpaired) electrons. The fourth-order valence-corrected chi connectivity index (χ4v) is 2.53. The Morgan fingerprint density at radius 1 is 0.808 bits per heavy atom. The van der Waals surface area contributed by atoms with Gasteiger partial charge in [0.15, 0.2) is 0 Å². The quantitative estimate of drug-likeness (QED) is 0.291. The van der Waals surface area contributed by atoms with Gasteiger partial charge in [-0.15, -0.1) is 0 Å². The Kier molecular flexibility index (Phi) is 17.8. The van der Waals surface area contributed by atoms with E-state index in [1.807, 2.05) is 0 Å². The van der Waals surface area contributed by atoms with Crippen LogP contribution in [0.1, 0.15) is 77.6 Å². The van der Waals surface area contributed by atoms with E-state index in [9.17, 15) is 9.59 Å². The van der Waals surface area contributed by atoms with Crippen molar-refractivity contribution in [1.82, 2.24) is 0 Å². The van der Waals surface area contributed by atoms with Crippen molar-refractivity contribution in [3.63, 3.8) is 0 Å². The Labute approximate surface area is 158 Å². The molecule has 1 N–H and O–H groups in total. The zero-order valence-corrected chi connectivity index (χ0v) is 16.7. The standard InChI is InChI=1S/C20H38O6/c1-3-4-5-11-14-25-19(22)12-9-7-6-8-10-13-20(23)26-17-18(15-21)16-24-2/h18,21H,3-17H2,1-2H3. The van der Waals surface area contributed by atoms with Crippen LogP contribution in [0.4, 0.5) is 0 Å². The van der Waals surface area contributed by atoms with Crippen LogP contribution in [0, 0.1) is 5.92 Å². The number of methoxy groups -OCH3 is 1. The van der Waals surface area contributed by atoms with Crippen LogP contribution < -0.4 is 0 Å². The molecule has 0 aliphatic rings. The van der Waals surface area contributed by atoms with Gasteiger partial charge in [0, 0.05) is 25.9 Å². The lowest BCUT2D eigenvalue weighted by Crippen LogP contribution is -2.21. The molecule has 0 fully saturated rings. The monoisotopic (exact) mass is 374 g/mol. The molecular weight excluding hydrogens is 336 g/mol. The Morgan fingerprint density at radius 2 is 1.38 bits per heavy atom. The summed E-state index contributed by atoms with van der Waals surface area (Å²) in [7, 11) is 1.55. The molecule has 0 aliphatic heterocycles. The van der Waals surface area contributed by atoms with E-state index >= 15 is 0 Å². The fraction of sp³-hybridized carbons (Fsp3) is 0.900. The van der Waals surface area contributed by atoms with Crippen LogP contribution in [0.25, 0.3) is 0 Å². The molecule has 6 heteroatoms. The second-order valence-electron chi connectivity index (χ2n) is 6.74. The molecule has 0 aromatic carbocycles. The molecule has 6 nitrogen and oxygen atoms in total. The molecule has 0 aromatic rings. The van der Waals surface area contributed by atoms with Crippen molar-refractivity contribution in [3.05, 3.63) is 0 Å². The van der Waals surface area contributed by atoms with Gasteiger partial charge < -0.3 is 19.3 Å². The third kappa shape index (κ3) is 16.3. The zero-order chi connectivity index (χ0) is 19.5. The van der Waals surface area contributed by atoms with Crippen LogP contribution in [0.2, 0.25) is 0 Å². The van der Waals surface area contributed by atoms with Crippen molar-refractivity contribution >= 4 is 11.9 Å². The summed E-state index contributed by atoms with van der Waals surface area (Å²) in [6, 6.07) is 0. The molecule has 0 aromatic heterocycles. The minimum atomic E-state index is -0.230. The lowest BCUT2D eigenvalue weighted by Gasteiger charge is -2.13. The predicted octanol–water partition coefficient (Wildman–Crippen LogP) is 3.64. The van der Waals surface area contributed by atoms with E-state index in [1.54, 1.807) is 7.11 Å². The van der Waals surface area contributed by atoms with Gasteiger partial charge in [-0.1, -0.05) is 45.4 Å². The average molecular weight is 375 g/mol. The van der Waals surface area contributed by atoms with Gasteiger partial charge in [0.1, 0.15) is 0 Å². The topological polar surface area (TPSA) is 82.1 Å². The van der Waals surface area contributed by atoms with Gasteiger partial charge in [-0.2, -0.15) is 0 Å². The number of hydrogen-bond acceptors (Lipinski definition) is 6. The molecule has 0 aliphatic carbocycles. The van der Waals surface area contributed by atoms with Crippen molar-refractivity contribution in [1.29, 1.82) is 0 Å². The van der Waals surface area contributed by atoms with Crippen molar-refractivity contribution in [3.8, 4) is 0 Å². The molecule has 0 saturated heterocycles. The molecule has 1 atom stereocenters. The molecule has 0 saturated carbocycles. The molecule has 0 bridgehead atoms. The molecule has 26 heavy (non-hydrogen) atoms. The summed E-state index contributed by atoms with van der Waals surface area (Å²) in [4.78, 5) is 23.1. The summed E-state index contributed by atoms with van der Waals surface area (Å²) >= 11 is 0. The first-order chi connectivity index (χ1) is 12.6. The summed E-state index contributed by atoms with van der Waals surface area (Å²) < 4.78 is 15.3. The first kappa shape index (κ1) is 24.9. The smallest absolute Gasteiger partial charge is 0.305 e. The van der Waals surface area contributed by atoms with E-state index < -0.39 is 0 Å². The Balaban J connectivity index is 3.41. The normalized spacial score (nSPS) is 12.0. The number of esters is 2. The lowest BCUT2D eigenvalue weighted by atomic mass is 10.1. The van der Waals surface area contributed by atoms with E-state index in [1.165, 1.54) is 12.8 Å². The maximum Gasteiger partial charge on any atom is 0.305 e. The minimum Gasteiger partial charge on any atom is -0.466 e. The van der Waals surface area contributed by atoms with Crippen molar-refractivity contribution in [2.24, 2.45) is 5.92 Å². The third-order valence-electron chi connectivity index (χ3n) is 4.16. The van der Waals surface area contributed by atoms with Gasteiger partial charge in [-0.25, -0.2) is 0 Å². The number of ether oxygens (including phenoxy) is 3. The minimum absolute atomic E-state index is 0.0533. The summed E-state index contributed by atoms with van der Waals surface area (Å²) in [6.45, 7) is 3.23. The summed E-state index contributed by atoms with van der Waals surface area (Å²) in [6.07, 6.45) is 9.89. The van der Waals surface area contributed by atoms with E-state index in [0.29, 0.717) is 26.1 Å². The van der Waals surface area contributed by atoms with Crippen LogP contribution >= 0.6 is 0 Å². The SMILES string of the molecule is CCCCCCOC(=O)CCCCCCCC(=O)OCC(CO)COC. The van der Waals surface area contributed by atoms with Crippen LogP contribution in [-0.2, 0) is 23.8 Å². The second-order valence-corrected chi connectivity index (χ2v) is 6.74. The molecule has 154 valence electrons. The van der Waals surface area contributed by atoms with Crippen LogP contribution in [-0.4, -0.2) is 50.6 Å². The summed E-state index contributed by atoms with van der Waals surface area (Å²) in [5.74, 6) is -0.485. The largest absolute Gasteiger partial charge is 0.466 e. The van der Waals surface area contributed by atoms with E-state index in [4.69, 9.17) is 19.3 Å². The number of carbonyl (C=O) groups excluding carboxylic acids is 2. The number of aliphatic hydroxyl groups excluding tert-OH is 1. The molecule has 0 rings (SSSR count). The van der Waals surface area contributed by atoms with Crippen molar-refractivity contribution in [2.45, 2.75) is 77.6 Å². The van der Waals surface area contributed by atoms with Crippen LogP contribution in [0.15, 0.2) is 0 Å². The molecule has 1 unspecified atom stereocenters. The van der Waals surface area contributed by atoms with Gasteiger partial charge in [0.2, 0.25) is 0 Å². The highest BCUT2D eigenvalue weighted by Gasteiger charge is 2.10. The number of hydrogen-bond donors (Lipinski definition) is 1. The highest BCUT2D eigenvalue weighted by atomic mass is 16.5. The number of rotatable bonds is 18. The number of unbranched alkanes of at least 4 members (excludes halogenated alkanes) is 7. The zero-order valence-electron chi connectivity index (χ0n) is 16.7. The molecule has 0 heterocycles. The van der Waals surface area contributed by atoms with Gasteiger partial charge in [-0.3, -0.25) is 9.59 Å². The molecule has 0 amide bonds. The first-order valence-electron chi connectivity index (χ1n) is 10.0. The third-order valence-corrected chi connectivity index (χ3v) is 4.16. The Morgan fingerprint density at radius 3 is 1.96 bits per heavy atom. The van der Waals surface area contributed by atoms with Crippen LogP contribution in [0.3, 0.4) is 0 Å². The Bertz CT molecular complexity index is 345. The van der Waals surface area contributed by atoms with E-state index in [0.717, 1.165) is 44.9 Å². The maximum absolute atomic E-state index is 11.6. The summed E-state index contributed by atoms with van der Waals surface area (Å²) in [5, 5.41) is 9.08. The second kappa shape index (κ2) is 18.6. The number of aliphatic hydroxyl groups is 1. The van der Waals surface area contributed by atoms with E-state index in [-0.39, 0.29) is 31.1 Å². The van der Waals surface area contributed by atoms with Gasteiger partial charge in [0.05, 0.1) is 26.4 Å². The Hall–Kier alpha value is -1.14. The van der Waals surface area contributed by atoms with Gasteiger partial charge in [0.25, 0.3) is 0 Å². The van der Waals surface area contributed by atoms with Crippen LogP contribution in [0.5, 0.6) is 0 Å². The maximum atomic E-state index is 11.6. The average Bonchev–Trinajstić information content (AvgIpc) is 2.64. The number of carbonyl (C=O) groups is 2. The first-order valence-corrected chi connectivity index (χ1v) is 10.0. The fourth-order valence-electron chi connectivity index (χ4n) is 2.53.